The molecular formula is C22H22F3N3O3S2. The monoisotopic (exact) mass is 497 g/mol. The number of carbonyl (C=O) groups excluding carboxylic acids is 1. The summed E-state index contributed by atoms with van der Waals surface area (Å²) in [6.07, 6.45) is -4.60. The van der Waals surface area contributed by atoms with Crippen LogP contribution in [0.5, 0.6) is 0 Å². The predicted molar refractivity (Wildman–Crippen MR) is 122 cm³/mol. The first-order valence-electron chi connectivity index (χ1n) is 9.74. The third-order valence-corrected chi connectivity index (χ3v) is 6.94. The van der Waals surface area contributed by atoms with E-state index in [1.807, 2.05) is 35.8 Å². The Morgan fingerprint density at radius 3 is 2.45 bits per heavy atom. The average Bonchev–Trinajstić information content (AvgIpc) is 3.27. The lowest BCUT2D eigenvalue weighted by atomic mass is 10.1. The fourth-order valence-corrected chi connectivity index (χ4v) is 4.93. The zero-order chi connectivity index (χ0) is 24.2. The number of rotatable bonds is 8. The lowest BCUT2D eigenvalue weighted by Crippen LogP contribution is -2.34. The van der Waals surface area contributed by atoms with Crippen LogP contribution in [0.15, 0.2) is 70.3 Å². The van der Waals surface area contributed by atoms with Gasteiger partial charge in [-0.25, -0.2) is 8.42 Å². The van der Waals surface area contributed by atoms with E-state index in [2.05, 4.69) is 10.0 Å². The maximum atomic E-state index is 12.9. The molecule has 6 nitrogen and oxygen atoms in total. The summed E-state index contributed by atoms with van der Waals surface area (Å²) in [5, 5.41) is 6.74. The largest absolute Gasteiger partial charge is 0.416 e. The first-order valence-corrected chi connectivity index (χ1v) is 12.2. The van der Waals surface area contributed by atoms with Gasteiger partial charge in [-0.3, -0.25) is 9.52 Å². The SMILES string of the molecule is CN(C)C(CNC(=O)c1cccc(S(=O)(=O)Nc2cccc(C(F)(F)F)c2)c1)c1ccsc1. The Bertz CT molecular complexity index is 1210. The van der Waals surface area contributed by atoms with Crippen LogP contribution in [-0.4, -0.2) is 39.9 Å². The molecule has 0 aliphatic rings. The summed E-state index contributed by atoms with van der Waals surface area (Å²) in [5.41, 5.74) is -0.0437. The molecule has 1 atom stereocenters. The number of thiophene rings is 1. The van der Waals surface area contributed by atoms with E-state index in [4.69, 9.17) is 0 Å². The van der Waals surface area contributed by atoms with Crippen LogP contribution in [0.2, 0.25) is 0 Å². The van der Waals surface area contributed by atoms with E-state index in [1.54, 1.807) is 11.3 Å². The number of benzene rings is 2. The van der Waals surface area contributed by atoms with Crippen molar-refractivity contribution in [3.05, 3.63) is 82.0 Å². The molecule has 33 heavy (non-hydrogen) atoms. The molecule has 2 N–H and O–H groups in total. The molecule has 11 heteroatoms. The molecule has 0 saturated carbocycles. The third-order valence-electron chi connectivity index (χ3n) is 4.86. The summed E-state index contributed by atoms with van der Waals surface area (Å²) in [6.45, 7) is 0.308. The summed E-state index contributed by atoms with van der Waals surface area (Å²) < 4.78 is 66.3. The highest BCUT2D eigenvalue weighted by atomic mass is 32.2. The predicted octanol–water partition coefficient (Wildman–Crippen LogP) is 4.60. The second kappa shape index (κ2) is 9.94. The number of carbonyl (C=O) groups is 1. The first-order chi connectivity index (χ1) is 15.5. The lowest BCUT2D eigenvalue weighted by Gasteiger charge is -2.24. The van der Waals surface area contributed by atoms with Gasteiger partial charge in [0.2, 0.25) is 0 Å². The summed E-state index contributed by atoms with van der Waals surface area (Å²) >= 11 is 1.55. The third kappa shape index (κ3) is 6.34. The van der Waals surface area contributed by atoms with Crippen LogP contribution in [-0.2, 0) is 16.2 Å². The lowest BCUT2D eigenvalue weighted by molar-refractivity contribution is -0.137. The molecule has 3 aromatic rings. The Balaban J connectivity index is 1.75. The molecular weight excluding hydrogens is 475 g/mol. The molecule has 1 aromatic heterocycles. The van der Waals surface area contributed by atoms with Gasteiger partial charge in [-0.1, -0.05) is 12.1 Å². The number of sulfonamides is 1. The highest BCUT2D eigenvalue weighted by Gasteiger charge is 2.30. The molecule has 0 aliphatic heterocycles. The van der Waals surface area contributed by atoms with Crippen LogP contribution in [0.4, 0.5) is 18.9 Å². The number of anilines is 1. The summed E-state index contributed by atoms with van der Waals surface area (Å²) in [4.78, 5) is 14.4. The van der Waals surface area contributed by atoms with Gasteiger partial charge in [-0.2, -0.15) is 24.5 Å². The van der Waals surface area contributed by atoms with Crippen molar-refractivity contribution in [1.82, 2.24) is 10.2 Å². The van der Waals surface area contributed by atoms with Gasteiger partial charge < -0.3 is 10.2 Å². The second-order valence-corrected chi connectivity index (χ2v) is 9.92. The minimum Gasteiger partial charge on any atom is -0.350 e. The van der Waals surface area contributed by atoms with Crippen molar-refractivity contribution in [2.75, 3.05) is 25.4 Å². The number of nitrogens with zero attached hydrogens (tertiary/aromatic N) is 1. The van der Waals surface area contributed by atoms with Crippen LogP contribution in [0, 0.1) is 0 Å². The van der Waals surface area contributed by atoms with Crippen LogP contribution >= 0.6 is 11.3 Å². The molecule has 0 saturated heterocycles. The van der Waals surface area contributed by atoms with E-state index in [-0.39, 0.29) is 22.2 Å². The number of hydrogen-bond acceptors (Lipinski definition) is 5. The Morgan fingerprint density at radius 1 is 1.09 bits per heavy atom. The molecule has 0 spiro atoms. The van der Waals surface area contributed by atoms with Crippen LogP contribution in [0.3, 0.4) is 0 Å². The van der Waals surface area contributed by atoms with E-state index in [0.29, 0.717) is 12.6 Å². The number of halogens is 3. The van der Waals surface area contributed by atoms with Crippen molar-refractivity contribution in [1.29, 1.82) is 0 Å². The van der Waals surface area contributed by atoms with Crippen molar-refractivity contribution < 1.29 is 26.4 Å². The molecule has 0 fully saturated rings. The normalized spacial score (nSPS) is 13.0. The first kappa shape index (κ1) is 24.7. The van der Waals surface area contributed by atoms with Crippen LogP contribution < -0.4 is 10.0 Å². The van der Waals surface area contributed by atoms with Crippen LogP contribution in [0.25, 0.3) is 0 Å². The molecule has 0 bridgehead atoms. The van der Waals surface area contributed by atoms with E-state index in [9.17, 15) is 26.4 Å². The van der Waals surface area contributed by atoms with Gasteiger partial charge in [-0.05, 0) is 72.9 Å². The van der Waals surface area contributed by atoms with Gasteiger partial charge in [0.1, 0.15) is 0 Å². The molecule has 0 radical (unpaired) electrons. The summed E-state index contributed by atoms with van der Waals surface area (Å²) in [7, 11) is -0.436. The Labute approximate surface area is 194 Å². The van der Waals surface area contributed by atoms with Crippen molar-refractivity contribution >= 4 is 33.0 Å². The number of hydrogen-bond donors (Lipinski definition) is 2. The average molecular weight is 498 g/mol. The van der Waals surface area contributed by atoms with E-state index in [0.717, 1.165) is 17.7 Å². The quantitative estimate of drug-likeness (QED) is 0.477. The highest BCUT2D eigenvalue weighted by molar-refractivity contribution is 7.92. The van der Waals surface area contributed by atoms with Crippen molar-refractivity contribution in [2.45, 2.75) is 17.1 Å². The summed E-state index contributed by atoms with van der Waals surface area (Å²) in [5.74, 6) is -0.465. The number of amides is 1. The second-order valence-electron chi connectivity index (χ2n) is 7.46. The topological polar surface area (TPSA) is 78.5 Å². The van der Waals surface area contributed by atoms with Crippen molar-refractivity contribution in [3.8, 4) is 0 Å². The highest BCUT2D eigenvalue weighted by Crippen LogP contribution is 2.31. The smallest absolute Gasteiger partial charge is 0.350 e. The zero-order valence-electron chi connectivity index (χ0n) is 17.8. The zero-order valence-corrected chi connectivity index (χ0v) is 19.4. The maximum absolute atomic E-state index is 12.9. The minimum absolute atomic E-state index is 0.0605. The molecule has 2 aromatic carbocycles. The fourth-order valence-electron chi connectivity index (χ4n) is 3.13. The molecule has 176 valence electrons. The number of alkyl halides is 3. The standard InChI is InChI=1S/C22H22F3N3O3S2/c1-28(2)20(16-9-10-32-14-16)13-26-21(29)15-5-3-8-19(11-15)33(30,31)27-18-7-4-6-17(12-18)22(23,24)25/h3-12,14,20,27H,13H2,1-2H3,(H,26,29). The molecule has 1 unspecified atom stereocenters. The minimum atomic E-state index is -4.60. The summed E-state index contributed by atoms with van der Waals surface area (Å²) in [6, 6.07) is 11.1. The molecule has 1 heterocycles. The molecule has 0 aliphatic carbocycles. The van der Waals surface area contributed by atoms with Crippen LogP contribution in [0.1, 0.15) is 27.5 Å². The Hall–Kier alpha value is -2.89. The van der Waals surface area contributed by atoms with E-state index in [1.165, 1.54) is 30.3 Å². The molecule has 3 rings (SSSR count). The van der Waals surface area contributed by atoms with Crippen molar-refractivity contribution in [3.63, 3.8) is 0 Å². The van der Waals surface area contributed by atoms with E-state index < -0.39 is 27.7 Å². The van der Waals surface area contributed by atoms with E-state index >= 15 is 0 Å². The van der Waals surface area contributed by atoms with Gasteiger partial charge in [-0.15, -0.1) is 0 Å². The Kier molecular flexibility index (Phi) is 7.45. The van der Waals surface area contributed by atoms with Crippen molar-refractivity contribution in [2.24, 2.45) is 0 Å². The Morgan fingerprint density at radius 2 is 1.82 bits per heavy atom. The fraction of sp³-hybridized carbons (Fsp3) is 0.227. The maximum Gasteiger partial charge on any atom is 0.416 e. The number of likely N-dealkylation sites (N-methyl/N-ethyl adjacent to an activating group) is 1. The van der Waals surface area contributed by atoms with Gasteiger partial charge in [0.15, 0.2) is 0 Å². The number of nitrogens with one attached hydrogen (secondary N) is 2. The van der Waals surface area contributed by atoms with Gasteiger partial charge in [0.05, 0.1) is 16.5 Å². The van der Waals surface area contributed by atoms with Gasteiger partial charge in [0, 0.05) is 17.8 Å². The molecule has 1 amide bonds. The van der Waals surface area contributed by atoms with Gasteiger partial charge >= 0.3 is 6.18 Å². The van der Waals surface area contributed by atoms with Gasteiger partial charge in [0.25, 0.3) is 15.9 Å².